The van der Waals surface area contributed by atoms with Crippen molar-refractivity contribution < 1.29 is 4.79 Å². The summed E-state index contributed by atoms with van der Waals surface area (Å²) in [7, 11) is 0. The number of thiophene rings is 1. The molecule has 2 fully saturated rings. The molecule has 2 atom stereocenters. The number of nitrogens with zero attached hydrogens (tertiary/aromatic N) is 1. The van der Waals surface area contributed by atoms with Crippen LogP contribution >= 0.6 is 38.6 Å². The number of hydrogen-bond acceptors (Lipinski definition) is 5. The van der Waals surface area contributed by atoms with E-state index in [1.54, 1.807) is 11.3 Å². The molecule has 2 N–H and O–H groups in total. The number of piperidine rings is 1. The summed E-state index contributed by atoms with van der Waals surface area (Å²) in [6, 6.07) is 5.48. The SMILES string of the molecule is O=C(NC1CC2CCC(C1)N2)c1csc(-c2ccc(Br)s2)n1. The number of carbonyl (C=O) groups is 1. The molecule has 2 aliphatic rings. The van der Waals surface area contributed by atoms with Crippen molar-refractivity contribution in [3.8, 4) is 9.88 Å². The summed E-state index contributed by atoms with van der Waals surface area (Å²) in [5, 5.41) is 9.52. The normalized spacial score (nSPS) is 27.0. The molecule has 2 aromatic rings. The van der Waals surface area contributed by atoms with Crippen molar-refractivity contribution in [2.24, 2.45) is 0 Å². The summed E-state index contributed by atoms with van der Waals surface area (Å²) in [5.74, 6) is -0.0376. The second-order valence-corrected chi connectivity index (χ2v) is 9.24. The molecule has 2 bridgehead atoms. The van der Waals surface area contributed by atoms with Gasteiger partial charge in [-0.25, -0.2) is 4.98 Å². The van der Waals surface area contributed by atoms with Gasteiger partial charge < -0.3 is 10.6 Å². The molecular weight excluding hydrogens is 382 g/mol. The molecule has 2 aliphatic heterocycles. The molecular formula is C15H16BrN3OS2. The summed E-state index contributed by atoms with van der Waals surface area (Å²) in [6.45, 7) is 0. The van der Waals surface area contributed by atoms with Crippen molar-refractivity contribution in [3.63, 3.8) is 0 Å². The van der Waals surface area contributed by atoms with Gasteiger partial charge >= 0.3 is 0 Å². The molecule has 0 radical (unpaired) electrons. The summed E-state index contributed by atoms with van der Waals surface area (Å²) in [4.78, 5) is 18.0. The minimum atomic E-state index is -0.0376. The van der Waals surface area contributed by atoms with E-state index in [1.807, 2.05) is 17.5 Å². The fourth-order valence-electron chi connectivity index (χ4n) is 3.35. The quantitative estimate of drug-likeness (QED) is 0.830. The lowest BCUT2D eigenvalue weighted by atomic mass is 10.00. The largest absolute Gasteiger partial charge is 0.348 e. The lowest BCUT2D eigenvalue weighted by Gasteiger charge is -2.29. The van der Waals surface area contributed by atoms with E-state index in [4.69, 9.17) is 0 Å². The number of thiazole rings is 1. The van der Waals surface area contributed by atoms with E-state index in [0.717, 1.165) is 26.5 Å². The van der Waals surface area contributed by atoms with Crippen molar-refractivity contribution in [3.05, 3.63) is 27.0 Å². The van der Waals surface area contributed by atoms with Crippen LogP contribution in [0.1, 0.15) is 36.2 Å². The van der Waals surface area contributed by atoms with E-state index in [9.17, 15) is 4.79 Å². The van der Waals surface area contributed by atoms with E-state index in [-0.39, 0.29) is 11.9 Å². The van der Waals surface area contributed by atoms with E-state index in [0.29, 0.717) is 17.8 Å². The summed E-state index contributed by atoms with van der Waals surface area (Å²) < 4.78 is 1.08. The zero-order valence-corrected chi connectivity index (χ0v) is 15.1. The van der Waals surface area contributed by atoms with Crippen LogP contribution in [0.15, 0.2) is 21.3 Å². The van der Waals surface area contributed by atoms with E-state index < -0.39 is 0 Å². The van der Waals surface area contributed by atoms with Gasteiger partial charge in [0.25, 0.3) is 5.91 Å². The summed E-state index contributed by atoms with van der Waals surface area (Å²) in [6.07, 6.45) is 4.56. The first-order valence-corrected chi connectivity index (χ1v) is 9.94. The Hall–Kier alpha value is -0.760. The third-order valence-corrected chi connectivity index (χ3v) is 6.96. The Bertz CT molecular complexity index is 687. The number of fused-ring (bicyclic) bond motifs is 2. The maximum atomic E-state index is 12.4. The van der Waals surface area contributed by atoms with E-state index in [1.165, 1.54) is 24.2 Å². The maximum absolute atomic E-state index is 12.4. The average Bonchev–Trinajstić information content (AvgIpc) is 3.19. The Labute approximate surface area is 145 Å². The van der Waals surface area contributed by atoms with Crippen LogP contribution in [-0.2, 0) is 0 Å². The minimum Gasteiger partial charge on any atom is -0.348 e. The van der Waals surface area contributed by atoms with Gasteiger partial charge in [0.2, 0.25) is 0 Å². The molecule has 2 aromatic heterocycles. The molecule has 7 heteroatoms. The summed E-state index contributed by atoms with van der Waals surface area (Å²) in [5.41, 5.74) is 0.537. The van der Waals surface area contributed by atoms with Crippen LogP contribution in [0.3, 0.4) is 0 Å². The van der Waals surface area contributed by atoms with Gasteiger partial charge in [-0.15, -0.1) is 22.7 Å². The van der Waals surface area contributed by atoms with Gasteiger partial charge in [-0.2, -0.15) is 0 Å². The second-order valence-electron chi connectivity index (χ2n) is 5.92. The molecule has 0 aromatic carbocycles. The first kappa shape index (κ1) is 14.8. The monoisotopic (exact) mass is 397 g/mol. The third-order valence-electron chi connectivity index (χ3n) is 4.33. The first-order chi connectivity index (χ1) is 10.7. The van der Waals surface area contributed by atoms with Crippen molar-refractivity contribution in [2.45, 2.75) is 43.8 Å². The van der Waals surface area contributed by atoms with Crippen LogP contribution in [0.5, 0.6) is 0 Å². The lowest BCUT2D eigenvalue weighted by Crippen LogP contribution is -2.48. The average molecular weight is 398 g/mol. The Morgan fingerprint density at radius 2 is 2.09 bits per heavy atom. The van der Waals surface area contributed by atoms with E-state index in [2.05, 4.69) is 31.5 Å². The van der Waals surface area contributed by atoms with Crippen LogP contribution in [0.25, 0.3) is 9.88 Å². The van der Waals surface area contributed by atoms with Crippen molar-refractivity contribution >= 4 is 44.5 Å². The van der Waals surface area contributed by atoms with Crippen LogP contribution in [-0.4, -0.2) is 29.0 Å². The number of carbonyl (C=O) groups excluding carboxylic acids is 1. The van der Waals surface area contributed by atoms with E-state index >= 15 is 0 Å². The standard InChI is InChI=1S/C15H16BrN3OS2/c16-13-4-3-12(22-13)15-19-11(7-21-15)14(20)18-10-5-8-1-2-9(6-10)17-8/h3-4,7-10,17H,1-2,5-6H2,(H,18,20). The van der Waals surface area contributed by atoms with Gasteiger partial charge in [0, 0.05) is 23.5 Å². The number of halogens is 1. The van der Waals surface area contributed by atoms with Gasteiger partial charge in [0.1, 0.15) is 10.7 Å². The zero-order valence-electron chi connectivity index (χ0n) is 11.8. The zero-order chi connectivity index (χ0) is 15.1. The number of aromatic nitrogens is 1. The fraction of sp³-hybridized carbons (Fsp3) is 0.467. The van der Waals surface area contributed by atoms with Gasteiger partial charge in [-0.1, -0.05) is 0 Å². The third kappa shape index (κ3) is 2.99. The lowest BCUT2D eigenvalue weighted by molar-refractivity contribution is 0.0919. The molecule has 0 aliphatic carbocycles. The maximum Gasteiger partial charge on any atom is 0.270 e. The first-order valence-electron chi connectivity index (χ1n) is 7.45. The molecule has 116 valence electrons. The molecule has 2 unspecified atom stereocenters. The Balaban J connectivity index is 1.43. The highest BCUT2D eigenvalue weighted by atomic mass is 79.9. The molecule has 0 spiro atoms. The molecule has 0 saturated carbocycles. The smallest absolute Gasteiger partial charge is 0.270 e. The Morgan fingerprint density at radius 1 is 1.32 bits per heavy atom. The van der Waals surface area contributed by atoms with Crippen molar-refractivity contribution in [1.29, 1.82) is 0 Å². The number of nitrogens with one attached hydrogen (secondary N) is 2. The Kier molecular flexibility index (Phi) is 4.06. The molecule has 4 nitrogen and oxygen atoms in total. The second kappa shape index (κ2) is 6.03. The molecule has 1 amide bonds. The Morgan fingerprint density at radius 3 is 2.77 bits per heavy atom. The van der Waals surface area contributed by atoms with Crippen LogP contribution in [0.4, 0.5) is 0 Å². The summed E-state index contributed by atoms with van der Waals surface area (Å²) >= 11 is 6.62. The molecule has 4 heterocycles. The van der Waals surface area contributed by atoms with Gasteiger partial charge in [-0.3, -0.25) is 4.79 Å². The van der Waals surface area contributed by atoms with Gasteiger partial charge in [0.15, 0.2) is 0 Å². The predicted octanol–water partition coefficient (Wildman–Crippen LogP) is 3.65. The van der Waals surface area contributed by atoms with Gasteiger partial charge in [-0.05, 0) is 53.7 Å². The highest BCUT2D eigenvalue weighted by molar-refractivity contribution is 9.11. The number of rotatable bonds is 3. The van der Waals surface area contributed by atoms with Crippen LogP contribution in [0.2, 0.25) is 0 Å². The van der Waals surface area contributed by atoms with Crippen molar-refractivity contribution in [2.75, 3.05) is 0 Å². The van der Waals surface area contributed by atoms with Crippen molar-refractivity contribution in [1.82, 2.24) is 15.6 Å². The molecule has 2 saturated heterocycles. The highest BCUT2D eigenvalue weighted by Gasteiger charge is 2.34. The van der Waals surface area contributed by atoms with Crippen LogP contribution < -0.4 is 10.6 Å². The fourth-order valence-corrected chi connectivity index (χ4v) is 5.61. The number of hydrogen-bond donors (Lipinski definition) is 2. The topological polar surface area (TPSA) is 54.0 Å². The predicted molar refractivity (Wildman–Crippen MR) is 93.6 cm³/mol. The minimum absolute atomic E-state index is 0.0376. The molecule has 22 heavy (non-hydrogen) atoms. The molecule has 4 rings (SSSR count). The van der Waals surface area contributed by atoms with Gasteiger partial charge in [0.05, 0.1) is 8.66 Å². The van der Waals surface area contributed by atoms with Crippen LogP contribution in [0, 0.1) is 0 Å². The highest BCUT2D eigenvalue weighted by Crippen LogP contribution is 2.33. The number of amides is 1.